The van der Waals surface area contributed by atoms with E-state index in [0.29, 0.717) is 0 Å². The highest BCUT2D eigenvalue weighted by Crippen LogP contribution is 2.34. The Bertz CT molecular complexity index is 2420. The van der Waals surface area contributed by atoms with E-state index >= 15 is 0 Å². The first-order valence-electron chi connectivity index (χ1n) is 17.9. The van der Waals surface area contributed by atoms with E-state index in [4.69, 9.17) is 9.97 Å². The van der Waals surface area contributed by atoms with Crippen molar-refractivity contribution in [3.05, 3.63) is 188 Å². The van der Waals surface area contributed by atoms with Crippen molar-refractivity contribution >= 4 is 13.3 Å². The normalized spacial score (nSPS) is 11.4. The zero-order valence-corrected chi connectivity index (χ0v) is 30.8. The van der Waals surface area contributed by atoms with Gasteiger partial charge in [-0.05, 0) is 74.8 Å². The quantitative estimate of drug-likeness (QED) is 0.149. The van der Waals surface area contributed by atoms with Crippen molar-refractivity contribution in [3.63, 3.8) is 0 Å². The topological polar surface area (TPSA) is 25.8 Å². The van der Waals surface area contributed by atoms with E-state index < -0.39 is 8.07 Å². The molecule has 0 N–H and O–H groups in total. The van der Waals surface area contributed by atoms with Gasteiger partial charge in [0.15, 0.2) is 5.82 Å². The van der Waals surface area contributed by atoms with Gasteiger partial charge in [-0.15, -0.1) is 0 Å². The van der Waals surface area contributed by atoms with Crippen LogP contribution in [0.4, 0.5) is 0 Å². The molecule has 250 valence electrons. The molecule has 0 saturated heterocycles. The first-order valence-corrected chi connectivity index (χ1v) is 21.4. The average Bonchev–Trinajstić information content (AvgIpc) is 3.21. The Morgan fingerprint density at radius 2 is 0.635 bits per heavy atom. The maximum Gasteiger partial charge on any atom is 0.160 e. The second kappa shape index (κ2) is 14.2. The van der Waals surface area contributed by atoms with Gasteiger partial charge in [0.2, 0.25) is 0 Å². The fraction of sp³-hybridized carbons (Fsp3) is 0.0612. The number of benzene rings is 7. The fourth-order valence-corrected chi connectivity index (χ4v) is 7.89. The van der Waals surface area contributed by atoms with Gasteiger partial charge in [0.05, 0.1) is 19.5 Å². The highest BCUT2D eigenvalue weighted by atomic mass is 28.3. The lowest BCUT2D eigenvalue weighted by Crippen LogP contribution is -2.37. The Kier molecular flexibility index (Phi) is 9.03. The van der Waals surface area contributed by atoms with Crippen molar-refractivity contribution in [1.29, 1.82) is 0 Å². The third-order valence-corrected chi connectivity index (χ3v) is 11.7. The molecule has 3 heteroatoms. The molecule has 0 aliphatic rings. The van der Waals surface area contributed by atoms with Gasteiger partial charge in [0.25, 0.3) is 0 Å². The fourth-order valence-electron chi connectivity index (χ4n) is 6.72. The summed E-state index contributed by atoms with van der Waals surface area (Å²) in [5.41, 5.74) is 14.5. The largest absolute Gasteiger partial charge is 0.228 e. The van der Waals surface area contributed by atoms with Crippen molar-refractivity contribution < 1.29 is 0 Å². The summed E-state index contributed by atoms with van der Waals surface area (Å²) in [7, 11) is -1.34. The number of rotatable bonds is 8. The SMILES string of the molecule is C[Si](C)(C)c1ccc(-c2cccc(-c3cccc(-c4cccc(-c5cccc(-c6cc(-c7ccccc7)nc(-c7ccccc7)n6)c5)c4)c3)c2)cc1. The summed E-state index contributed by atoms with van der Waals surface area (Å²) < 4.78 is 0. The van der Waals surface area contributed by atoms with Crippen LogP contribution in [-0.2, 0) is 0 Å². The van der Waals surface area contributed by atoms with Crippen molar-refractivity contribution in [2.45, 2.75) is 19.6 Å². The van der Waals surface area contributed by atoms with Crippen molar-refractivity contribution in [1.82, 2.24) is 9.97 Å². The van der Waals surface area contributed by atoms with Crippen molar-refractivity contribution in [3.8, 4) is 78.4 Å². The van der Waals surface area contributed by atoms with Crippen LogP contribution in [0.25, 0.3) is 78.4 Å². The molecule has 52 heavy (non-hydrogen) atoms. The lowest BCUT2D eigenvalue weighted by molar-refractivity contribution is 1.18. The third kappa shape index (κ3) is 7.18. The number of hydrogen-bond donors (Lipinski definition) is 0. The molecule has 0 amide bonds. The standard InChI is InChI=1S/C49H40N2Si/c1-52(2,3)46-28-26-35(27-29-46)38-18-10-19-39(30-38)40-20-11-21-41(31-40)42-22-12-23-43(32-42)44-24-13-25-45(33-44)48-34-47(36-14-6-4-7-15-36)50-49(51-48)37-16-8-5-9-17-37/h4-34H,1-3H3. The molecule has 7 aromatic carbocycles. The molecule has 0 spiro atoms. The smallest absolute Gasteiger partial charge is 0.160 e. The van der Waals surface area contributed by atoms with Gasteiger partial charge in [-0.25, -0.2) is 9.97 Å². The summed E-state index contributed by atoms with van der Waals surface area (Å²) in [6, 6.07) is 67.1. The van der Waals surface area contributed by atoms with Crippen LogP contribution in [0.5, 0.6) is 0 Å². The van der Waals surface area contributed by atoms with E-state index in [2.05, 4.69) is 171 Å². The van der Waals surface area contributed by atoms with Crippen molar-refractivity contribution in [2.75, 3.05) is 0 Å². The number of nitrogens with zero attached hydrogens (tertiary/aromatic N) is 2. The molecule has 0 aliphatic carbocycles. The molecule has 0 atom stereocenters. The summed E-state index contributed by atoms with van der Waals surface area (Å²) in [4.78, 5) is 10.0. The molecule has 0 bridgehead atoms. The number of hydrogen-bond acceptors (Lipinski definition) is 2. The van der Waals surface area contributed by atoms with E-state index in [0.717, 1.165) is 45.0 Å². The zero-order valence-electron chi connectivity index (χ0n) is 29.8. The van der Waals surface area contributed by atoms with Crippen LogP contribution in [-0.4, -0.2) is 18.0 Å². The maximum absolute atomic E-state index is 5.07. The molecular weight excluding hydrogens is 645 g/mol. The van der Waals surface area contributed by atoms with Gasteiger partial charge in [0, 0.05) is 16.7 Å². The van der Waals surface area contributed by atoms with Gasteiger partial charge >= 0.3 is 0 Å². The predicted molar refractivity (Wildman–Crippen MR) is 223 cm³/mol. The van der Waals surface area contributed by atoms with Crippen molar-refractivity contribution in [2.24, 2.45) is 0 Å². The first-order chi connectivity index (χ1) is 25.4. The lowest BCUT2D eigenvalue weighted by atomic mass is 9.94. The molecule has 2 nitrogen and oxygen atoms in total. The van der Waals surface area contributed by atoms with Crippen LogP contribution >= 0.6 is 0 Å². The molecule has 0 fully saturated rings. The summed E-state index contributed by atoms with van der Waals surface area (Å²) in [6.07, 6.45) is 0. The molecule has 0 radical (unpaired) electrons. The molecule has 0 unspecified atom stereocenters. The third-order valence-electron chi connectivity index (χ3n) is 9.66. The Labute approximate surface area is 308 Å². The summed E-state index contributed by atoms with van der Waals surface area (Å²) >= 11 is 0. The maximum atomic E-state index is 5.07. The molecule has 0 aliphatic heterocycles. The average molecular weight is 685 g/mol. The first kappa shape index (κ1) is 33.0. The van der Waals surface area contributed by atoms with Crippen LogP contribution in [0.2, 0.25) is 19.6 Å². The van der Waals surface area contributed by atoms with Crippen LogP contribution in [0, 0.1) is 0 Å². The molecule has 1 aromatic heterocycles. The molecular formula is C49H40N2Si. The molecule has 0 saturated carbocycles. The van der Waals surface area contributed by atoms with E-state index in [1.54, 1.807) is 0 Å². The summed E-state index contributed by atoms with van der Waals surface area (Å²) in [6.45, 7) is 7.18. The second-order valence-electron chi connectivity index (χ2n) is 14.3. The van der Waals surface area contributed by atoms with Crippen LogP contribution in [0.3, 0.4) is 0 Å². The highest BCUT2D eigenvalue weighted by molar-refractivity contribution is 6.88. The predicted octanol–water partition coefficient (Wildman–Crippen LogP) is 12.7. The Balaban J connectivity index is 1.11. The van der Waals surface area contributed by atoms with Crippen LogP contribution in [0.15, 0.2) is 188 Å². The molecule has 8 rings (SSSR count). The Morgan fingerprint density at radius 3 is 1.08 bits per heavy atom. The highest BCUT2D eigenvalue weighted by Gasteiger charge is 2.16. The molecule has 8 aromatic rings. The lowest BCUT2D eigenvalue weighted by Gasteiger charge is -2.17. The minimum absolute atomic E-state index is 0.717. The molecule has 1 heterocycles. The second-order valence-corrected chi connectivity index (χ2v) is 19.4. The monoisotopic (exact) mass is 684 g/mol. The Hall–Kier alpha value is -6.16. The van der Waals surface area contributed by atoms with Gasteiger partial charge < -0.3 is 0 Å². The van der Waals surface area contributed by atoms with E-state index in [1.165, 1.54) is 38.6 Å². The van der Waals surface area contributed by atoms with Gasteiger partial charge in [-0.1, -0.05) is 183 Å². The van der Waals surface area contributed by atoms with Crippen LogP contribution < -0.4 is 5.19 Å². The van der Waals surface area contributed by atoms with E-state index in [1.807, 2.05) is 36.4 Å². The van der Waals surface area contributed by atoms with Gasteiger partial charge in [-0.3, -0.25) is 0 Å². The number of aromatic nitrogens is 2. The zero-order chi connectivity index (χ0) is 35.5. The Morgan fingerprint density at radius 1 is 0.288 bits per heavy atom. The minimum atomic E-state index is -1.34. The van der Waals surface area contributed by atoms with Gasteiger partial charge in [0.1, 0.15) is 0 Å². The van der Waals surface area contributed by atoms with E-state index in [-0.39, 0.29) is 0 Å². The van der Waals surface area contributed by atoms with Gasteiger partial charge in [-0.2, -0.15) is 0 Å². The summed E-state index contributed by atoms with van der Waals surface area (Å²) in [5.74, 6) is 0.717. The van der Waals surface area contributed by atoms with E-state index in [9.17, 15) is 0 Å². The summed E-state index contributed by atoms with van der Waals surface area (Å²) in [5, 5.41) is 1.48. The van der Waals surface area contributed by atoms with Crippen LogP contribution in [0.1, 0.15) is 0 Å². The minimum Gasteiger partial charge on any atom is -0.228 e.